The summed E-state index contributed by atoms with van der Waals surface area (Å²) in [5.41, 5.74) is -1.81. The molecule has 4 aromatic carbocycles. The third kappa shape index (κ3) is 5.66. The summed E-state index contributed by atoms with van der Waals surface area (Å²) in [5.74, 6) is -16.6. The molecule has 0 N–H and O–H groups in total. The zero-order valence-corrected chi connectivity index (χ0v) is 28.4. The Kier molecular flexibility index (Phi) is 8.55. The number of alkyl halides is 6. The van der Waals surface area contributed by atoms with E-state index in [1.54, 1.807) is 24.3 Å². The predicted molar refractivity (Wildman–Crippen MR) is 194 cm³/mol. The summed E-state index contributed by atoms with van der Waals surface area (Å²) in [6, 6.07) is 29.8. The van der Waals surface area contributed by atoms with Crippen LogP contribution in [0.1, 0.15) is 22.3 Å². The number of rotatable bonds is 6. The fourth-order valence-corrected chi connectivity index (χ4v) is 8.44. The smallest absolute Gasteiger partial charge is 0.238 e. The van der Waals surface area contributed by atoms with Crippen LogP contribution in [0.25, 0.3) is 62.6 Å². The van der Waals surface area contributed by atoms with Crippen LogP contribution >= 0.6 is 22.7 Å². The summed E-state index contributed by atoms with van der Waals surface area (Å²) in [6.07, 6.45) is 0. The predicted octanol–water partition coefficient (Wildman–Crippen LogP) is 13.2. The first-order chi connectivity index (χ1) is 25.3. The molecule has 12 heteroatoms. The van der Waals surface area contributed by atoms with Crippen LogP contribution in [0.3, 0.4) is 0 Å². The van der Waals surface area contributed by atoms with E-state index >= 15 is 26.3 Å². The van der Waals surface area contributed by atoms with E-state index in [1.807, 2.05) is 12.1 Å². The molecule has 6 aromatic rings. The van der Waals surface area contributed by atoms with Gasteiger partial charge in [0.05, 0.1) is 36.4 Å². The molecule has 2 aromatic heterocycles. The van der Waals surface area contributed by atoms with Crippen LogP contribution in [0.5, 0.6) is 0 Å². The molecule has 4 nitrogen and oxygen atoms in total. The van der Waals surface area contributed by atoms with Crippen molar-refractivity contribution < 1.29 is 26.3 Å². The molecule has 0 bridgehead atoms. The summed E-state index contributed by atoms with van der Waals surface area (Å²) in [7, 11) is 0. The Morgan fingerprint density at radius 1 is 0.491 bits per heavy atom. The Hall–Kier alpha value is -6.44. The zero-order chi connectivity index (χ0) is 37.7. The van der Waals surface area contributed by atoms with Crippen molar-refractivity contribution in [2.24, 2.45) is 0 Å². The van der Waals surface area contributed by atoms with E-state index in [-0.39, 0.29) is 47.6 Å². The van der Waals surface area contributed by atoms with E-state index in [2.05, 4.69) is 9.69 Å². The maximum Gasteiger partial charge on any atom is 0.380 e. The number of nitriles is 2. The molecule has 0 amide bonds. The van der Waals surface area contributed by atoms with Gasteiger partial charge in [-0.2, -0.15) is 36.9 Å². The second kappa shape index (κ2) is 13.0. The van der Waals surface area contributed by atoms with Crippen molar-refractivity contribution in [3.8, 4) is 53.9 Å². The third-order valence-electron chi connectivity index (χ3n) is 8.78. The van der Waals surface area contributed by atoms with Crippen LogP contribution in [0.4, 0.5) is 37.7 Å². The molecule has 0 unspecified atom stereocenters. The molecule has 2 heterocycles. The van der Waals surface area contributed by atoms with Gasteiger partial charge < -0.3 is 0 Å². The van der Waals surface area contributed by atoms with Crippen molar-refractivity contribution in [1.29, 1.82) is 10.5 Å². The maximum atomic E-state index is 16.5. The minimum absolute atomic E-state index is 0.00771. The highest BCUT2D eigenvalue weighted by molar-refractivity contribution is 7.19. The molecule has 256 valence electrons. The van der Waals surface area contributed by atoms with E-state index in [1.165, 1.54) is 84.9 Å². The molecular weight excluding hydrogens is 727 g/mol. The highest BCUT2D eigenvalue weighted by atomic mass is 32.1. The van der Waals surface area contributed by atoms with E-state index in [0.29, 0.717) is 16.7 Å². The molecule has 0 radical (unpaired) electrons. The van der Waals surface area contributed by atoms with Crippen molar-refractivity contribution >= 4 is 45.2 Å². The summed E-state index contributed by atoms with van der Waals surface area (Å²) in [6.45, 7) is 14.6. The monoisotopic (exact) mass is 744 g/mol. The zero-order valence-electron chi connectivity index (χ0n) is 26.8. The second-order valence-corrected chi connectivity index (χ2v) is 14.0. The number of benzene rings is 4. The SMILES string of the molecule is [C-]#[N+]c1ccc(-c2cc(C3=C(c4cc(-c5ccc(C#N)cc5)sc4-c4ccc([N+]#[C-])cc4)C(F)(F)C(F)(F)C3(F)F)c(-c3ccc(C#N)cc3)s2)cc1. The van der Waals surface area contributed by atoms with Crippen LogP contribution in [0.15, 0.2) is 109 Å². The van der Waals surface area contributed by atoms with Gasteiger partial charge in [0.25, 0.3) is 0 Å². The van der Waals surface area contributed by atoms with Crippen LogP contribution in [-0.2, 0) is 0 Å². The molecule has 0 saturated carbocycles. The lowest BCUT2D eigenvalue weighted by molar-refractivity contribution is -0.254. The van der Waals surface area contributed by atoms with E-state index in [4.69, 9.17) is 13.1 Å². The van der Waals surface area contributed by atoms with Gasteiger partial charge in [-0.3, -0.25) is 0 Å². The van der Waals surface area contributed by atoms with E-state index in [9.17, 15) is 10.5 Å². The molecule has 0 spiro atoms. The molecule has 1 aliphatic rings. The molecule has 7 rings (SSSR count). The van der Waals surface area contributed by atoms with E-state index < -0.39 is 40.0 Å². The number of nitrogens with zero attached hydrogens (tertiary/aromatic N) is 4. The molecular formula is C41H18F6N4S2. The van der Waals surface area contributed by atoms with Crippen LogP contribution in [0, 0.1) is 35.8 Å². The minimum Gasteiger partial charge on any atom is -0.238 e. The standard InChI is InChI=1S/C41H18F6N4S2/c1-50-29-15-11-26(12-16-29)34-20-31(37(53-34)27-9-5-24(22-49)6-10-27)35-36(40(44,45)41(46,47)39(35,42)43)32-19-33(25-7-3-23(21-48)4-8-25)52-38(32)28-13-17-30(51-2)18-14-28/h3-20H. The summed E-state index contributed by atoms with van der Waals surface area (Å²) >= 11 is 1.84. The summed E-state index contributed by atoms with van der Waals surface area (Å²) in [4.78, 5) is 7.25. The highest BCUT2D eigenvalue weighted by Crippen LogP contribution is 2.67. The molecule has 1 aliphatic carbocycles. The first-order valence-electron chi connectivity index (χ1n) is 15.5. The number of thiophene rings is 2. The summed E-state index contributed by atoms with van der Waals surface area (Å²) < 4.78 is 97.4. The fraction of sp³-hybridized carbons (Fsp3) is 0.0732. The Labute approximate surface area is 307 Å². The fourth-order valence-electron chi connectivity index (χ4n) is 6.09. The third-order valence-corrected chi connectivity index (χ3v) is 11.3. The van der Waals surface area contributed by atoms with Gasteiger partial charge in [-0.15, -0.1) is 22.7 Å². The van der Waals surface area contributed by atoms with Gasteiger partial charge in [-0.1, -0.05) is 72.8 Å². The summed E-state index contributed by atoms with van der Waals surface area (Å²) in [5, 5.41) is 18.6. The Bertz CT molecular complexity index is 2430. The lowest BCUT2D eigenvalue weighted by Crippen LogP contribution is -2.48. The second-order valence-electron chi connectivity index (χ2n) is 11.9. The van der Waals surface area contributed by atoms with Crippen molar-refractivity contribution in [3.63, 3.8) is 0 Å². The van der Waals surface area contributed by atoms with Crippen LogP contribution < -0.4 is 0 Å². The molecule has 0 fully saturated rings. The average molecular weight is 745 g/mol. The molecule has 0 saturated heterocycles. The van der Waals surface area contributed by atoms with Crippen molar-refractivity contribution in [3.05, 3.63) is 154 Å². The maximum absolute atomic E-state index is 16.5. The van der Waals surface area contributed by atoms with Gasteiger partial charge >= 0.3 is 17.8 Å². The normalized spacial score (nSPS) is 15.3. The van der Waals surface area contributed by atoms with Crippen LogP contribution in [-0.4, -0.2) is 17.8 Å². The quantitative estimate of drug-likeness (QED) is 0.126. The number of allylic oxidation sites excluding steroid dienone is 2. The first-order valence-corrected chi connectivity index (χ1v) is 17.1. The van der Waals surface area contributed by atoms with Crippen LogP contribution in [0.2, 0.25) is 0 Å². The highest BCUT2D eigenvalue weighted by Gasteiger charge is 2.80. The lowest BCUT2D eigenvalue weighted by Gasteiger charge is -2.26. The first kappa shape index (κ1) is 35.0. The molecule has 0 atom stereocenters. The topological polar surface area (TPSA) is 56.3 Å². The van der Waals surface area contributed by atoms with E-state index in [0.717, 1.165) is 22.7 Å². The largest absolute Gasteiger partial charge is 0.380 e. The Balaban J connectivity index is 1.57. The number of halogens is 6. The van der Waals surface area contributed by atoms with Gasteiger partial charge in [-0.25, -0.2) is 9.69 Å². The number of hydrogen-bond donors (Lipinski definition) is 0. The van der Waals surface area contributed by atoms with Gasteiger partial charge in [0.1, 0.15) is 0 Å². The lowest BCUT2D eigenvalue weighted by atomic mass is 9.91. The number of hydrogen-bond acceptors (Lipinski definition) is 4. The van der Waals surface area contributed by atoms with Gasteiger partial charge in [0.15, 0.2) is 11.4 Å². The molecule has 53 heavy (non-hydrogen) atoms. The van der Waals surface area contributed by atoms with Crippen molar-refractivity contribution in [2.45, 2.75) is 17.8 Å². The average Bonchev–Trinajstić information content (AvgIpc) is 3.84. The van der Waals surface area contributed by atoms with Gasteiger partial charge in [0, 0.05) is 41.8 Å². The van der Waals surface area contributed by atoms with Crippen molar-refractivity contribution in [1.82, 2.24) is 0 Å². The minimum atomic E-state index is -5.85. The van der Waals surface area contributed by atoms with Crippen molar-refractivity contribution in [2.75, 3.05) is 0 Å². The van der Waals surface area contributed by atoms with Gasteiger partial charge in [-0.05, 0) is 58.7 Å². The molecule has 0 aliphatic heterocycles. The van der Waals surface area contributed by atoms with Gasteiger partial charge in [0.2, 0.25) is 0 Å². The Morgan fingerprint density at radius 3 is 1.15 bits per heavy atom. The Morgan fingerprint density at radius 2 is 0.811 bits per heavy atom.